The van der Waals surface area contributed by atoms with Gasteiger partial charge in [-0.2, -0.15) is 0 Å². The van der Waals surface area contributed by atoms with Gasteiger partial charge in [0.2, 0.25) is 0 Å². The molecule has 2 aromatic carbocycles. The molecule has 0 aliphatic carbocycles. The van der Waals surface area contributed by atoms with Gasteiger partial charge in [-0.25, -0.2) is 0 Å². The summed E-state index contributed by atoms with van der Waals surface area (Å²) in [6.07, 6.45) is 0. The van der Waals surface area contributed by atoms with Crippen LogP contribution < -0.4 is 19.9 Å². The second kappa shape index (κ2) is 8.22. The van der Waals surface area contributed by atoms with Crippen molar-refractivity contribution in [3.63, 3.8) is 0 Å². The Morgan fingerprint density at radius 3 is 2.42 bits per heavy atom. The average Bonchev–Trinajstić information content (AvgIpc) is 2.55. The van der Waals surface area contributed by atoms with Gasteiger partial charge in [0.15, 0.2) is 11.5 Å². The van der Waals surface area contributed by atoms with Gasteiger partial charge < -0.3 is 19.9 Å². The van der Waals surface area contributed by atoms with E-state index in [2.05, 4.69) is 6.92 Å². The van der Waals surface area contributed by atoms with Crippen LogP contribution in [0.15, 0.2) is 30.3 Å². The molecule has 128 valence electrons. The zero-order chi connectivity index (χ0) is 17.7. The lowest BCUT2D eigenvalue weighted by atomic mass is 10.1. The van der Waals surface area contributed by atoms with E-state index in [-0.39, 0.29) is 4.99 Å². The summed E-state index contributed by atoms with van der Waals surface area (Å²) in [7, 11) is 1.54. The molecule has 0 radical (unpaired) electrons. The summed E-state index contributed by atoms with van der Waals surface area (Å²) in [6, 6.07) is 9.33. The molecule has 0 saturated heterocycles. The Kier molecular flexibility index (Phi) is 6.29. The first-order chi connectivity index (χ1) is 11.4. The average molecular weight is 366 g/mol. The Hall–Kier alpha value is -1.98. The van der Waals surface area contributed by atoms with E-state index in [1.165, 1.54) is 18.2 Å². The van der Waals surface area contributed by atoms with Crippen LogP contribution in [0.25, 0.3) is 0 Å². The van der Waals surface area contributed by atoms with Crippen molar-refractivity contribution in [1.82, 2.24) is 0 Å². The Bertz CT molecular complexity index is 749. The fourth-order valence-electron chi connectivity index (χ4n) is 2.11. The third-order valence-electron chi connectivity index (χ3n) is 3.59. The summed E-state index contributed by atoms with van der Waals surface area (Å²) in [6.45, 7) is 4.83. The number of methoxy groups -OCH3 is 1. The predicted molar refractivity (Wildman–Crippen MR) is 101 cm³/mol. The van der Waals surface area contributed by atoms with Crippen LogP contribution in [0, 0.1) is 13.8 Å². The Morgan fingerprint density at radius 1 is 1.08 bits per heavy atom. The molecule has 2 N–H and O–H groups in total. The van der Waals surface area contributed by atoms with E-state index < -0.39 is 0 Å². The summed E-state index contributed by atoms with van der Waals surface area (Å²) in [5, 5.41) is 0.392. The van der Waals surface area contributed by atoms with Crippen molar-refractivity contribution >= 4 is 28.8 Å². The number of halogens is 1. The van der Waals surface area contributed by atoms with Crippen LogP contribution in [0.3, 0.4) is 0 Å². The van der Waals surface area contributed by atoms with Crippen molar-refractivity contribution in [1.29, 1.82) is 0 Å². The lowest BCUT2D eigenvalue weighted by molar-refractivity contribution is 0.211. The van der Waals surface area contributed by atoms with Gasteiger partial charge in [0, 0.05) is 5.56 Å². The van der Waals surface area contributed by atoms with E-state index in [1.807, 2.05) is 25.1 Å². The minimum atomic E-state index is 0.250. The minimum absolute atomic E-state index is 0.250. The molecule has 0 unspecified atom stereocenters. The molecule has 0 aliphatic rings. The van der Waals surface area contributed by atoms with Gasteiger partial charge in [0.05, 0.1) is 12.1 Å². The van der Waals surface area contributed by atoms with Crippen molar-refractivity contribution < 1.29 is 14.2 Å². The summed E-state index contributed by atoms with van der Waals surface area (Å²) >= 11 is 11.2. The van der Waals surface area contributed by atoms with Crippen LogP contribution in [0.4, 0.5) is 0 Å². The number of aryl methyl sites for hydroxylation is 2. The number of hydrogen-bond donors (Lipinski definition) is 1. The van der Waals surface area contributed by atoms with E-state index in [0.29, 0.717) is 35.3 Å². The molecule has 0 atom stereocenters. The summed E-state index contributed by atoms with van der Waals surface area (Å²) < 4.78 is 16.7. The van der Waals surface area contributed by atoms with Gasteiger partial charge in [0.25, 0.3) is 0 Å². The Labute approximate surface area is 152 Å². The Balaban J connectivity index is 1.99. The van der Waals surface area contributed by atoms with Crippen molar-refractivity contribution in [2.24, 2.45) is 5.73 Å². The Morgan fingerprint density at radius 2 is 1.79 bits per heavy atom. The number of hydrogen-bond acceptors (Lipinski definition) is 4. The van der Waals surface area contributed by atoms with Gasteiger partial charge in [-0.3, -0.25) is 0 Å². The topological polar surface area (TPSA) is 53.7 Å². The molecule has 0 aliphatic heterocycles. The zero-order valence-corrected chi connectivity index (χ0v) is 15.5. The van der Waals surface area contributed by atoms with Crippen LogP contribution in [0.1, 0.15) is 16.7 Å². The quantitative estimate of drug-likeness (QED) is 0.592. The molecule has 0 heterocycles. The largest absolute Gasteiger partial charge is 0.493 e. The van der Waals surface area contributed by atoms with Crippen molar-refractivity contribution in [3.8, 4) is 17.2 Å². The maximum Gasteiger partial charge on any atom is 0.179 e. The van der Waals surface area contributed by atoms with Gasteiger partial charge >= 0.3 is 0 Å². The number of thiocarbonyl (C=S) groups is 1. The van der Waals surface area contributed by atoms with E-state index in [9.17, 15) is 0 Å². The molecule has 0 spiro atoms. The SMILES string of the molecule is COc1cc(C(N)=S)cc(Cl)c1OCCOc1ccc(C)c(C)c1. The molecular weight excluding hydrogens is 346 g/mol. The molecule has 2 rings (SSSR count). The molecule has 0 saturated carbocycles. The van der Waals surface area contributed by atoms with E-state index in [0.717, 1.165) is 5.75 Å². The number of ether oxygens (including phenoxy) is 3. The predicted octanol–water partition coefficient (Wildman–Crippen LogP) is 4.06. The molecular formula is C18H20ClNO3S. The van der Waals surface area contributed by atoms with E-state index in [1.54, 1.807) is 12.1 Å². The number of rotatable bonds is 7. The molecule has 0 aromatic heterocycles. The number of benzene rings is 2. The minimum Gasteiger partial charge on any atom is -0.493 e. The highest BCUT2D eigenvalue weighted by molar-refractivity contribution is 7.80. The van der Waals surface area contributed by atoms with Gasteiger partial charge in [0.1, 0.15) is 24.0 Å². The van der Waals surface area contributed by atoms with E-state index >= 15 is 0 Å². The highest BCUT2D eigenvalue weighted by atomic mass is 35.5. The fraction of sp³-hybridized carbons (Fsp3) is 0.278. The monoisotopic (exact) mass is 365 g/mol. The van der Waals surface area contributed by atoms with Crippen molar-refractivity contribution in [3.05, 3.63) is 52.0 Å². The lowest BCUT2D eigenvalue weighted by Crippen LogP contribution is -2.12. The van der Waals surface area contributed by atoms with Crippen LogP contribution in [0.5, 0.6) is 17.2 Å². The first-order valence-electron chi connectivity index (χ1n) is 7.42. The second-order valence-corrected chi connectivity index (χ2v) is 6.14. The molecule has 24 heavy (non-hydrogen) atoms. The van der Waals surface area contributed by atoms with Crippen LogP contribution in [0.2, 0.25) is 5.02 Å². The van der Waals surface area contributed by atoms with Crippen molar-refractivity contribution in [2.75, 3.05) is 20.3 Å². The highest BCUT2D eigenvalue weighted by Crippen LogP contribution is 2.36. The first kappa shape index (κ1) is 18.4. The third kappa shape index (κ3) is 4.52. The maximum atomic E-state index is 6.23. The standard InChI is InChI=1S/C18H20ClNO3S/c1-11-4-5-14(8-12(11)2)22-6-7-23-17-15(19)9-13(18(20)24)10-16(17)21-3/h4-5,8-10H,6-7H2,1-3H3,(H2,20,24). The second-order valence-electron chi connectivity index (χ2n) is 5.30. The maximum absolute atomic E-state index is 6.23. The van der Waals surface area contributed by atoms with Gasteiger partial charge in [-0.15, -0.1) is 0 Å². The van der Waals surface area contributed by atoms with Crippen LogP contribution in [-0.4, -0.2) is 25.3 Å². The van der Waals surface area contributed by atoms with Gasteiger partial charge in [-0.1, -0.05) is 29.9 Å². The van der Waals surface area contributed by atoms with Crippen LogP contribution in [-0.2, 0) is 0 Å². The summed E-state index contributed by atoms with van der Waals surface area (Å²) in [5.41, 5.74) is 8.67. The van der Waals surface area contributed by atoms with Gasteiger partial charge in [-0.05, 0) is 49.2 Å². The lowest BCUT2D eigenvalue weighted by Gasteiger charge is -2.14. The molecule has 0 amide bonds. The summed E-state index contributed by atoms with van der Waals surface area (Å²) in [4.78, 5) is 0.250. The summed E-state index contributed by atoms with van der Waals surface area (Å²) in [5.74, 6) is 1.74. The van der Waals surface area contributed by atoms with Crippen molar-refractivity contribution in [2.45, 2.75) is 13.8 Å². The van der Waals surface area contributed by atoms with Crippen LogP contribution >= 0.6 is 23.8 Å². The molecule has 0 fully saturated rings. The number of nitrogens with two attached hydrogens (primary N) is 1. The molecule has 2 aromatic rings. The normalized spacial score (nSPS) is 10.3. The smallest absolute Gasteiger partial charge is 0.179 e. The zero-order valence-electron chi connectivity index (χ0n) is 13.9. The molecule has 4 nitrogen and oxygen atoms in total. The molecule has 6 heteroatoms. The third-order valence-corrected chi connectivity index (χ3v) is 4.11. The van der Waals surface area contributed by atoms with E-state index in [4.69, 9.17) is 43.8 Å². The molecule has 0 bridgehead atoms. The first-order valence-corrected chi connectivity index (χ1v) is 8.21. The highest BCUT2D eigenvalue weighted by Gasteiger charge is 2.13. The fourth-order valence-corrected chi connectivity index (χ4v) is 2.49.